The highest BCUT2D eigenvalue weighted by Crippen LogP contribution is 2.38. The van der Waals surface area contributed by atoms with E-state index in [1.54, 1.807) is 0 Å². The van der Waals surface area contributed by atoms with Gasteiger partial charge in [-0.3, -0.25) is 0 Å². The summed E-state index contributed by atoms with van der Waals surface area (Å²) in [7, 11) is 4.14. The fraction of sp³-hybridized carbons (Fsp3) is 0.400. The molecule has 0 aromatic heterocycles. The van der Waals surface area contributed by atoms with Gasteiger partial charge in [-0.15, -0.1) is 0 Å². The second kappa shape index (κ2) is 2.64. The first kappa shape index (κ1) is 8.38. The normalized spacial score (nSPS) is 22.1. The molecule has 0 saturated heterocycles. The van der Waals surface area contributed by atoms with Gasteiger partial charge in [-0.2, -0.15) is 0 Å². The first-order valence-electron chi connectivity index (χ1n) is 4.47. The number of rotatable bonds is 0. The lowest BCUT2D eigenvalue weighted by molar-refractivity contribution is 0.280. The maximum atomic E-state index is 5.74. The van der Waals surface area contributed by atoms with Crippen LogP contribution in [0.4, 0.5) is 11.4 Å². The average Bonchev–Trinajstić information content (AvgIpc) is 2.32. The van der Waals surface area contributed by atoms with Gasteiger partial charge in [-0.1, -0.05) is 6.07 Å². The molecule has 1 aromatic carbocycles. The Morgan fingerprint density at radius 2 is 2.00 bits per heavy atom. The molecule has 0 saturated carbocycles. The zero-order valence-electron chi connectivity index (χ0n) is 8.28. The number of benzene rings is 1. The Morgan fingerprint density at radius 3 is 2.69 bits per heavy atom. The molecule has 2 N–H and O–H groups in total. The molecule has 1 aliphatic heterocycles. The summed E-state index contributed by atoms with van der Waals surface area (Å²) < 4.78 is 0. The van der Waals surface area contributed by atoms with Gasteiger partial charge in [0.05, 0.1) is 11.7 Å². The van der Waals surface area contributed by atoms with Crippen LogP contribution in [0.2, 0.25) is 0 Å². The van der Waals surface area contributed by atoms with Crippen molar-refractivity contribution in [3.63, 3.8) is 0 Å². The molecule has 0 radical (unpaired) electrons. The van der Waals surface area contributed by atoms with Crippen molar-refractivity contribution in [3.05, 3.63) is 23.8 Å². The summed E-state index contributed by atoms with van der Waals surface area (Å²) >= 11 is 0. The van der Waals surface area contributed by atoms with E-state index in [9.17, 15) is 0 Å². The average molecular weight is 177 g/mol. The van der Waals surface area contributed by atoms with Gasteiger partial charge in [0.1, 0.15) is 0 Å². The van der Waals surface area contributed by atoms with Crippen LogP contribution in [0.25, 0.3) is 0 Å². The summed E-state index contributed by atoms with van der Waals surface area (Å²) in [5, 5.41) is 4.33. The van der Waals surface area contributed by atoms with E-state index in [0.29, 0.717) is 6.04 Å². The van der Waals surface area contributed by atoms with Crippen molar-refractivity contribution in [2.75, 3.05) is 24.8 Å². The summed E-state index contributed by atoms with van der Waals surface area (Å²) in [4.78, 5) is 0. The lowest BCUT2D eigenvalue weighted by Gasteiger charge is -2.24. The molecular formula is C10H15N3. The Morgan fingerprint density at radius 1 is 1.31 bits per heavy atom. The minimum absolute atomic E-state index is 0.445. The lowest BCUT2D eigenvalue weighted by atomic mass is 10.1. The maximum Gasteiger partial charge on any atom is 0.0587 e. The summed E-state index contributed by atoms with van der Waals surface area (Å²) in [5.41, 5.74) is 9.13. The standard InChI is InChI=1S/C10H15N3/c1-7-9-5-4-8(11)6-10(9)13(3)12(7)2/h4-7H,11H2,1-3H3. The van der Waals surface area contributed by atoms with Gasteiger partial charge in [-0.05, 0) is 24.6 Å². The van der Waals surface area contributed by atoms with Crippen LogP contribution >= 0.6 is 0 Å². The van der Waals surface area contributed by atoms with Crippen LogP contribution in [0.15, 0.2) is 18.2 Å². The Hall–Kier alpha value is -1.22. The van der Waals surface area contributed by atoms with E-state index < -0.39 is 0 Å². The number of fused-ring (bicyclic) bond motifs is 1. The molecule has 0 bridgehead atoms. The second-order valence-electron chi connectivity index (χ2n) is 3.59. The van der Waals surface area contributed by atoms with Crippen LogP contribution in [-0.4, -0.2) is 19.1 Å². The highest BCUT2D eigenvalue weighted by atomic mass is 15.6. The van der Waals surface area contributed by atoms with Crippen molar-refractivity contribution in [1.29, 1.82) is 0 Å². The molecule has 1 aromatic rings. The van der Waals surface area contributed by atoms with E-state index in [2.05, 4.69) is 37.1 Å². The Kier molecular flexibility index (Phi) is 1.70. The first-order chi connectivity index (χ1) is 6.11. The second-order valence-corrected chi connectivity index (χ2v) is 3.59. The summed E-state index contributed by atoms with van der Waals surface area (Å²) in [5.74, 6) is 0. The molecule has 0 spiro atoms. The van der Waals surface area contributed by atoms with Gasteiger partial charge < -0.3 is 10.7 Å². The number of hydrogen-bond donors (Lipinski definition) is 1. The van der Waals surface area contributed by atoms with Crippen molar-refractivity contribution < 1.29 is 0 Å². The predicted octanol–water partition coefficient (Wildman–Crippen LogP) is 1.63. The molecule has 0 fully saturated rings. The van der Waals surface area contributed by atoms with Crippen LogP contribution in [0.1, 0.15) is 18.5 Å². The summed E-state index contributed by atoms with van der Waals surface area (Å²) in [6, 6.07) is 6.54. The number of nitrogen functional groups attached to an aromatic ring is 1. The summed E-state index contributed by atoms with van der Waals surface area (Å²) in [6.45, 7) is 2.19. The topological polar surface area (TPSA) is 32.5 Å². The Labute approximate surface area is 78.7 Å². The minimum Gasteiger partial charge on any atom is -0.399 e. The molecule has 3 heteroatoms. The van der Waals surface area contributed by atoms with Gasteiger partial charge in [0, 0.05) is 19.8 Å². The smallest absolute Gasteiger partial charge is 0.0587 e. The van der Waals surface area contributed by atoms with Gasteiger partial charge in [0.15, 0.2) is 0 Å². The van der Waals surface area contributed by atoms with E-state index in [4.69, 9.17) is 5.73 Å². The molecule has 1 heterocycles. The largest absolute Gasteiger partial charge is 0.399 e. The fourth-order valence-corrected chi connectivity index (χ4v) is 1.83. The van der Waals surface area contributed by atoms with E-state index in [1.165, 1.54) is 11.3 Å². The third-order valence-corrected chi connectivity index (χ3v) is 2.89. The summed E-state index contributed by atoms with van der Waals surface area (Å²) in [6.07, 6.45) is 0. The molecule has 2 rings (SSSR count). The zero-order valence-corrected chi connectivity index (χ0v) is 8.28. The van der Waals surface area contributed by atoms with Crippen LogP contribution < -0.4 is 10.7 Å². The van der Waals surface area contributed by atoms with Crippen molar-refractivity contribution >= 4 is 11.4 Å². The molecule has 1 atom stereocenters. The van der Waals surface area contributed by atoms with E-state index in [-0.39, 0.29) is 0 Å². The number of nitrogens with zero attached hydrogens (tertiary/aromatic N) is 2. The van der Waals surface area contributed by atoms with Gasteiger partial charge in [-0.25, -0.2) is 5.01 Å². The van der Waals surface area contributed by atoms with Gasteiger partial charge >= 0.3 is 0 Å². The highest BCUT2D eigenvalue weighted by Gasteiger charge is 2.27. The van der Waals surface area contributed by atoms with E-state index in [0.717, 1.165) is 5.69 Å². The SMILES string of the molecule is CC1c2ccc(N)cc2N(C)N1C. The van der Waals surface area contributed by atoms with Crippen LogP contribution in [0.3, 0.4) is 0 Å². The van der Waals surface area contributed by atoms with E-state index >= 15 is 0 Å². The van der Waals surface area contributed by atoms with Crippen molar-refractivity contribution in [2.24, 2.45) is 0 Å². The first-order valence-corrected chi connectivity index (χ1v) is 4.47. The zero-order chi connectivity index (χ0) is 9.59. The van der Waals surface area contributed by atoms with E-state index in [1.807, 2.05) is 12.1 Å². The number of nitrogens with two attached hydrogens (primary N) is 1. The Balaban J connectivity index is 2.54. The third-order valence-electron chi connectivity index (χ3n) is 2.89. The van der Waals surface area contributed by atoms with Crippen molar-refractivity contribution in [1.82, 2.24) is 5.01 Å². The third kappa shape index (κ3) is 1.08. The number of anilines is 2. The molecule has 1 aliphatic rings. The molecule has 3 nitrogen and oxygen atoms in total. The molecule has 0 aliphatic carbocycles. The Bertz CT molecular complexity index is 335. The van der Waals surface area contributed by atoms with Crippen molar-refractivity contribution in [3.8, 4) is 0 Å². The van der Waals surface area contributed by atoms with Gasteiger partial charge in [0.25, 0.3) is 0 Å². The molecular weight excluding hydrogens is 162 g/mol. The molecule has 13 heavy (non-hydrogen) atoms. The number of hydrazine groups is 1. The van der Waals surface area contributed by atoms with Crippen LogP contribution in [-0.2, 0) is 0 Å². The monoisotopic (exact) mass is 177 g/mol. The molecule has 0 amide bonds. The fourth-order valence-electron chi connectivity index (χ4n) is 1.83. The lowest BCUT2D eigenvalue weighted by Crippen LogP contribution is -2.31. The van der Waals surface area contributed by atoms with Gasteiger partial charge in [0.2, 0.25) is 0 Å². The number of hydrogen-bond acceptors (Lipinski definition) is 3. The highest BCUT2D eigenvalue weighted by molar-refractivity contribution is 5.63. The molecule has 70 valence electrons. The quantitative estimate of drug-likeness (QED) is 0.611. The van der Waals surface area contributed by atoms with Crippen LogP contribution in [0.5, 0.6) is 0 Å². The minimum atomic E-state index is 0.445. The maximum absolute atomic E-state index is 5.74. The van der Waals surface area contributed by atoms with Crippen LogP contribution in [0, 0.1) is 0 Å². The molecule has 1 unspecified atom stereocenters. The predicted molar refractivity (Wildman–Crippen MR) is 55.4 cm³/mol. The van der Waals surface area contributed by atoms with Crippen molar-refractivity contribution in [2.45, 2.75) is 13.0 Å².